The van der Waals surface area contributed by atoms with Gasteiger partial charge in [0.1, 0.15) is 5.82 Å². The second-order valence-electron chi connectivity index (χ2n) is 9.01. The van der Waals surface area contributed by atoms with E-state index in [4.69, 9.17) is 9.84 Å². The Kier molecular flexibility index (Phi) is 8.97. The summed E-state index contributed by atoms with van der Waals surface area (Å²) in [6, 6.07) is 12.8. The first kappa shape index (κ1) is 25.3. The van der Waals surface area contributed by atoms with Gasteiger partial charge in [-0.2, -0.15) is 0 Å². The van der Waals surface area contributed by atoms with E-state index in [0.29, 0.717) is 37.9 Å². The van der Waals surface area contributed by atoms with Crippen LogP contribution in [-0.2, 0) is 22.4 Å². The Balaban J connectivity index is 1.54. The molecule has 180 valence electrons. The molecule has 4 atom stereocenters. The number of carboxylic acids is 1. The van der Waals surface area contributed by atoms with Crippen LogP contribution in [0.2, 0.25) is 0 Å². The summed E-state index contributed by atoms with van der Waals surface area (Å²) in [5.41, 5.74) is 3.32. The van der Waals surface area contributed by atoms with Crippen LogP contribution < -0.4 is 0 Å². The molecule has 1 aliphatic heterocycles. The largest absolute Gasteiger partial charge is 0.481 e. The lowest BCUT2D eigenvalue weighted by molar-refractivity contribution is -0.136. The molecule has 2 aromatic carbocycles. The number of aliphatic hydroxyl groups excluding tert-OH is 2. The molecule has 6 nitrogen and oxygen atoms in total. The summed E-state index contributed by atoms with van der Waals surface area (Å²) < 4.78 is 19.8. The Labute approximate surface area is 194 Å². The van der Waals surface area contributed by atoms with Gasteiger partial charge in [-0.1, -0.05) is 36.4 Å². The highest BCUT2D eigenvalue weighted by atomic mass is 19.1. The minimum absolute atomic E-state index is 0.0194. The van der Waals surface area contributed by atoms with Gasteiger partial charge in [0.05, 0.1) is 24.9 Å². The van der Waals surface area contributed by atoms with Crippen molar-refractivity contribution >= 4 is 5.97 Å². The molecule has 1 heterocycles. The highest BCUT2D eigenvalue weighted by Crippen LogP contribution is 2.25. The van der Waals surface area contributed by atoms with Crippen molar-refractivity contribution in [2.24, 2.45) is 0 Å². The first-order chi connectivity index (χ1) is 15.7. The summed E-state index contributed by atoms with van der Waals surface area (Å²) in [7, 11) is 0. The van der Waals surface area contributed by atoms with Gasteiger partial charge in [0.25, 0.3) is 0 Å². The Morgan fingerprint density at radius 2 is 2.03 bits per heavy atom. The number of likely N-dealkylation sites (tertiary alicyclic amines) is 1. The second kappa shape index (κ2) is 11.7. The number of halogens is 1. The minimum atomic E-state index is -0.843. The van der Waals surface area contributed by atoms with Crippen LogP contribution in [0.5, 0.6) is 0 Å². The topological polar surface area (TPSA) is 90.2 Å². The Morgan fingerprint density at radius 1 is 1.27 bits per heavy atom. The minimum Gasteiger partial charge on any atom is -0.481 e. The fourth-order valence-corrected chi connectivity index (χ4v) is 4.50. The lowest BCUT2D eigenvalue weighted by atomic mass is 9.99. The summed E-state index contributed by atoms with van der Waals surface area (Å²) >= 11 is 0. The van der Waals surface area contributed by atoms with Crippen molar-refractivity contribution in [3.8, 4) is 0 Å². The fraction of sp³-hybridized carbons (Fsp3) is 0.500. The monoisotopic (exact) mass is 459 g/mol. The molecule has 0 aliphatic carbocycles. The molecule has 2 aromatic rings. The Bertz CT molecular complexity index is 937. The predicted molar refractivity (Wildman–Crippen MR) is 124 cm³/mol. The maximum Gasteiger partial charge on any atom is 0.303 e. The molecular formula is C26H34FNO5. The first-order valence-electron chi connectivity index (χ1n) is 11.5. The van der Waals surface area contributed by atoms with E-state index in [1.165, 1.54) is 0 Å². The Hall–Kier alpha value is -2.32. The number of hydrogen-bond acceptors (Lipinski definition) is 5. The highest BCUT2D eigenvalue weighted by molar-refractivity contribution is 5.67. The molecule has 3 rings (SSSR count). The van der Waals surface area contributed by atoms with Crippen molar-refractivity contribution in [3.05, 3.63) is 70.5 Å². The zero-order valence-corrected chi connectivity index (χ0v) is 19.3. The van der Waals surface area contributed by atoms with E-state index in [9.17, 15) is 19.4 Å². The molecule has 1 fully saturated rings. The van der Waals surface area contributed by atoms with Crippen LogP contribution in [0.25, 0.3) is 0 Å². The summed E-state index contributed by atoms with van der Waals surface area (Å²) in [5.74, 6) is -1.08. The van der Waals surface area contributed by atoms with Crippen molar-refractivity contribution in [2.45, 2.75) is 63.9 Å². The number of β-amino-alcohol motifs (C(OH)–C–C–N with tert-alkyl or cyclic N) is 2. The van der Waals surface area contributed by atoms with Gasteiger partial charge in [-0.3, -0.25) is 9.69 Å². The van der Waals surface area contributed by atoms with E-state index in [2.05, 4.69) is 0 Å². The number of carboxylic acid groups (broad SMARTS) is 1. The van der Waals surface area contributed by atoms with Gasteiger partial charge < -0.3 is 20.1 Å². The van der Waals surface area contributed by atoms with Crippen LogP contribution in [-0.4, -0.2) is 64.1 Å². The number of carbonyl (C=O) groups is 1. The van der Waals surface area contributed by atoms with Crippen molar-refractivity contribution in [2.75, 3.05) is 19.7 Å². The standard InChI is InChI=1S/C26H34FNO5/c1-17-7-8-19(12-25(17)27)11-21-13-22(29)14-28(21)15-23(30)16-33-18(2)24-6-4-3-5-20(24)9-10-26(31)32/h3-8,12,18,21-23,29-30H,9-11,13-16H2,1-2H3,(H,31,32)/t18-,21-,22-,23-/m1/s1. The van der Waals surface area contributed by atoms with Gasteiger partial charge in [0.15, 0.2) is 0 Å². The average Bonchev–Trinajstić information content (AvgIpc) is 3.11. The van der Waals surface area contributed by atoms with Gasteiger partial charge in [-0.25, -0.2) is 4.39 Å². The molecule has 0 spiro atoms. The second-order valence-corrected chi connectivity index (χ2v) is 9.01. The molecule has 0 unspecified atom stereocenters. The molecule has 0 saturated carbocycles. The van der Waals surface area contributed by atoms with Crippen LogP contribution in [0.3, 0.4) is 0 Å². The van der Waals surface area contributed by atoms with Gasteiger partial charge in [-0.05, 0) is 61.4 Å². The molecule has 3 N–H and O–H groups in total. The van der Waals surface area contributed by atoms with E-state index in [0.717, 1.165) is 16.7 Å². The summed E-state index contributed by atoms with van der Waals surface area (Å²) in [5, 5.41) is 29.8. The number of benzene rings is 2. The van der Waals surface area contributed by atoms with Crippen LogP contribution in [0.4, 0.5) is 4.39 Å². The van der Waals surface area contributed by atoms with Crippen molar-refractivity contribution in [3.63, 3.8) is 0 Å². The highest BCUT2D eigenvalue weighted by Gasteiger charge is 2.32. The molecule has 1 saturated heterocycles. The fourth-order valence-electron chi connectivity index (χ4n) is 4.50. The Morgan fingerprint density at radius 3 is 2.76 bits per heavy atom. The smallest absolute Gasteiger partial charge is 0.303 e. The van der Waals surface area contributed by atoms with E-state index < -0.39 is 18.2 Å². The van der Waals surface area contributed by atoms with E-state index >= 15 is 0 Å². The van der Waals surface area contributed by atoms with Crippen LogP contribution >= 0.6 is 0 Å². The third-order valence-corrected chi connectivity index (χ3v) is 6.30. The number of aryl methyl sites for hydroxylation is 2. The molecular weight excluding hydrogens is 425 g/mol. The number of rotatable bonds is 11. The van der Waals surface area contributed by atoms with Crippen molar-refractivity contribution in [1.29, 1.82) is 0 Å². The number of ether oxygens (including phenoxy) is 1. The zero-order chi connectivity index (χ0) is 24.0. The first-order valence-corrected chi connectivity index (χ1v) is 11.5. The average molecular weight is 460 g/mol. The summed E-state index contributed by atoms with van der Waals surface area (Å²) in [4.78, 5) is 13.0. The third kappa shape index (κ3) is 7.33. The zero-order valence-electron chi connectivity index (χ0n) is 19.3. The van der Waals surface area contributed by atoms with Gasteiger partial charge in [0, 0.05) is 25.6 Å². The molecule has 33 heavy (non-hydrogen) atoms. The lowest BCUT2D eigenvalue weighted by Gasteiger charge is -2.27. The lowest BCUT2D eigenvalue weighted by Crippen LogP contribution is -2.39. The SMILES string of the molecule is Cc1ccc(C[C@@H]2C[C@@H](O)CN2C[C@@H](O)CO[C@H](C)c2ccccc2CCC(=O)O)cc1F. The van der Waals surface area contributed by atoms with E-state index in [1.54, 1.807) is 19.1 Å². The number of hydrogen-bond donors (Lipinski definition) is 3. The normalized spacial score (nSPS) is 20.6. The summed E-state index contributed by atoms with van der Waals surface area (Å²) in [6.45, 7) is 4.55. The molecule has 7 heteroatoms. The van der Waals surface area contributed by atoms with Crippen LogP contribution in [0, 0.1) is 12.7 Å². The number of aliphatic hydroxyl groups is 2. The quantitative estimate of drug-likeness (QED) is 0.478. The molecule has 0 amide bonds. The van der Waals surface area contributed by atoms with Gasteiger partial charge in [0.2, 0.25) is 0 Å². The van der Waals surface area contributed by atoms with E-state index in [1.807, 2.05) is 42.2 Å². The molecule has 0 bridgehead atoms. The predicted octanol–water partition coefficient (Wildman–Crippen LogP) is 3.27. The van der Waals surface area contributed by atoms with Crippen molar-refractivity contribution < 1.29 is 29.2 Å². The van der Waals surface area contributed by atoms with Gasteiger partial charge in [-0.15, -0.1) is 0 Å². The van der Waals surface area contributed by atoms with E-state index in [-0.39, 0.29) is 31.0 Å². The van der Waals surface area contributed by atoms with Crippen LogP contribution in [0.15, 0.2) is 42.5 Å². The molecule has 0 aromatic heterocycles. The van der Waals surface area contributed by atoms with Crippen LogP contribution in [0.1, 0.15) is 48.1 Å². The van der Waals surface area contributed by atoms with Crippen molar-refractivity contribution in [1.82, 2.24) is 4.90 Å². The molecule has 0 radical (unpaired) electrons. The summed E-state index contributed by atoms with van der Waals surface area (Å²) in [6.07, 6.45) is 0.149. The molecule has 1 aliphatic rings. The number of nitrogens with zero attached hydrogens (tertiary/aromatic N) is 1. The van der Waals surface area contributed by atoms with Gasteiger partial charge >= 0.3 is 5.97 Å². The maximum absolute atomic E-state index is 13.9. The number of aliphatic carboxylic acids is 1. The maximum atomic E-state index is 13.9. The third-order valence-electron chi connectivity index (χ3n) is 6.30.